The van der Waals surface area contributed by atoms with Crippen molar-refractivity contribution in [3.05, 3.63) is 70.7 Å². The van der Waals surface area contributed by atoms with E-state index in [9.17, 15) is 4.79 Å². The van der Waals surface area contributed by atoms with Gasteiger partial charge in [-0.25, -0.2) is 9.78 Å². The minimum atomic E-state index is -0.254. The molecule has 8 nitrogen and oxygen atoms in total. The molecule has 0 aliphatic heterocycles. The highest BCUT2D eigenvalue weighted by Crippen LogP contribution is 2.25. The first-order valence-electron chi connectivity index (χ1n) is 7.82. The van der Waals surface area contributed by atoms with Crippen LogP contribution in [-0.4, -0.2) is 25.0 Å². The summed E-state index contributed by atoms with van der Waals surface area (Å²) in [5.41, 5.74) is 8.89. The van der Waals surface area contributed by atoms with E-state index in [1.54, 1.807) is 35.4 Å². The average Bonchev–Trinajstić information content (AvgIpc) is 3.17. The molecule has 8 heteroatoms. The number of nitriles is 1. The van der Waals surface area contributed by atoms with Gasteiger partial charge >= 0.3 is 0 Å². The molecule has 0 saturated heterocycles. The lowest BCUT2D eigenvalue weighted by Gasteiger charge is -2.08. The monoisotopic (exact) mass is 343 g/mol. The van der Waals surface area contributed by atoms with Gasteiger partial charge in [-0.2, -0.15) is 15.5 Å². The summed E-state index contributed by atoms with van der Waals surface area (Å²) in [6.45, 7) is 0.221. The lowest BCUT2D eigenvalue weighted by atomic mass is 10.0. The summed E-state index contributed by atoms with van der Waals surface area (Å²) in [7, 11) is 0. The van der Waals surface area contributed by atoms with E-state index in [0.717, 1.165) is 16.8 Å². The molecule has 4 aromatic rings. The summed E-state index contributed by atoms with van der Waals surface area (Å²) in [6.07, 6.45) is 5.09. The maximum absolute atomic E-state index is 12.0. The van der Waals surface area contributed by atoms with Gasteiger partial charge in [0.25, 0.3) is 5.56 Å². The maximum atomic E-state index is 12.0. The number of aromatic nitrogens is 5. The van der Waals surface area contributed by atoms with Crippen LogP contribution < -0.4 is 11.3 Å². The van der Waals surface area contributed by atoms with E-state index in [-0.39, 0.29) is 12.1 Å². The molecule has 0 aliphatic rings. The summed E-state index contributed by atoms with van der Waals surface area (Å²) < 4.78 is 1.59. The predicted octanol–water partition coefficient (Wildman–Crippen LogP) is 1.50. The van der Waals surface area contributed by atoms with Crippen LogP contribution in [0.3, 0.4) is 0 Å². The number of nitrogens with one attached hydrogen (secondary N) is 1. The number of hydrogen-bond acceptors (Lipinski definition) is 6. The average molecular weight is 343 g/mol. The Hall–Kier alpha value is -3.83. The van der Waals surface area contributed by atoms with Gasteiger partial charge in [0, 0.05) is 29.9 Å². The summed E-state index contributed by atoms with van der Waals surface area (Å²) in [6, 6.07) is 11.0. The second-order valence-electron chi connectivity index (χ2n) is 5.65. The number of fused-ring (bicyclic) bond motifs is 1. The topological polar surface area (TPSA) is 126 Å². The molecule has 0 radical (unpaired) electrons. The second kappa shape index (κ2) is 6.23. The third kappa shape index (κ3) is 2.62. The van der Waals surface area contributed by atoms with Gasteiger partial charge in [0.15, 0.2) is 5.69 Å². The fourth-order valence-corrected chi connectivity index (χ4v) is 2.79. The zero-order valence-corrected chi connectivity index (χ0v) is 13.5. The van der Waals surface area contributed by atoms with Crippen LogP contribution in [0.2, 0.25) is 0 Å². The maximum Gasteiger partial charge on any atom is 0.272 e. The SMILES string of the molecule is N#Cc1ccn(-c2cncc(-c3ccc4c(=O)[nH]nc(CN)c4c3)c2)n1. The van der Waals surface area contributed by atoms with E-state index < -0.39 is 0 Å². The quantitative estimate of drug-likeness (QED) is 0.580. The number of nitrogens with two attached hydrogens (primary N) is 1. The van der Waals surface area contributed by atoms with Crippen LogP contribution in [0.1, 0.15) is 11.4 Å². The van der Waals surface area contributed by atoms with Crippen molar-refractivity contribution in [2.24, 2.45) is 5.73 Å². The molecule has 0 saturated carbocycles. The van der Waals surface area contributed by atoms with Crippen molar-refractivity contribution in [2.45, 2.75) is 6.54 Å². The van der Waals surface area contributed by atoms with Gasteiger partial charge in [-0.3, -0.25) is 9.78 Å². The first-order valence-corrected chi connectivity index (χ1v) is 7.82. The summed E-state index contributed by atoms with van der Waals surface area (Å²) in [4.78, 5) is 16.2. The second-order valence-corrected chi connectivity index (χ2v) is 5.65. The van der Waals surface area contributed by atoms with Gasteiger partial charge in [-0.05, 0) is 29.8 Å². The van der Waals surface area contributed by atoms with Crippen LogP contribution in [-0.2, 0) is 6.54 Å². The summed E-state index contributed by atoms with van der Waals surface area (Å²) >= 11 is 0. The van der Waals surface area contributed by atoms with Crippen molar-refractivity contribution in [1.29, 1.82) is 5.26 Å². The van der Waals surface area contributed by atoms with Gasteiger partial charge in [0.2, 0.25) is 0 Å². The van der Waals surface area contributed by atoms with E-state index >= 15 is 0 Å². The van der Waals surface area contributed by atoms with Crippen molar-refractivity contribution in [3.63, 3.8) is 0 Å². The van der Waals surface area contributed by atoms with Gasteiger partial charge in [0.05, 0.1) is 23.0 Å². The Kier molecular flexibility index (Phi) is 3.76. The number of nitrogens with zero attached hydrogens (tertiary/aromatic N) is 5. The van der Waals surface area contributed by atoms with Crippen molar-refractivity contribution >= 4 is 10.8 Å². The molecule has 4 rings (SSSR count). The number of benzene rings is 1. The molecular formula is C18H13N7O. The Morgan fingerprint density at radius 2 is 2.04 bits per heavy atom. The van der Waals surface area contributed by atoms with Crippen LogP contribution in [0.4, 0.5) is 0 Å². The summed E-state index contributed by atoms with van der Waals surface area (Å²) in [5.74, 6) is 0. The summed E-state index contributed by atoms with van der Waals surface area (Å²) in [5, 5.41) is 20.8. The standard InChI is InChI=1S/C18H13N7O/c19-7-13-3-4-25(24-13)14-5-12(9-21-10-14)11-1-2-15-16(6-11)17(8-20)22-23-18(15)26/h1-6,9-10H,8,20H2,(H,23,26). The number of pyridine rings is 1. The Morgan fingerprint density at radius 3 is 2.81 bits per heavy atom. The molecule has 3 heterocycles. The molecule has 26 heavy (non-hydrogen) atoms. The molecule has 126 valence electrons. The zero-order chi connectivity index (χ0) is 18.1. The molecular weight excluding hydrogens is 330 g/mol. The molecule has 0 unspecified atom stereocenters. The van der Waals surface area contributed by atoms with Crippen LogP contribution in [0.5, 0.6) is 0 Å². The Morgan fingerprint density at radius 1 is 1.15 bits per heavy atom. The minimum absolute atomic E-state index is 0.221. The van der Waals surface area contributed by atoms with E-state index in [1.165, 1.54) is 0 Å². The van der Waals surface area contributed by atoms with Gasteiger partial charge in [-0.15, -0.1) is 0 Å². The third-order valence-corrected chi connectivity index (χ3v) is 4.09. The van der Waals surface area contributed by atoms with E-state index in [1.807, 2.05) is 24.3 Å². The Labute approximate surface area is 147 Å². The van der Waals surface area contributed by atoms with Gasteiger partial charge < -0.3 is 5.73 Å². The first kappa shape index (κ1) is 15.7. The van der Waals surface area contributed by atoms with E-state index in [0.29, 0.717) is 22.2 Å². The molecule has 3 aromatic heterocycles. The smallest absolute Gasteiger partial charge is 0.272 e. The Balaban J connectivity index is 1.84. The predicted molar refractivity (Wildman–Crippen MR) is 95.3 cm³/mol. The van der Waals surface area contributed by atoms with E-state index in [4.69, 9.17) is 11.0 Å². The van der Waals surface area contributed by atoms with Crippen molar-refractivity contribution in [2.75, 3.05) is 0 Å². The third-order valence-electron chi connectivity index (χ3n) is 4.09. The zero-order valence-electron chi connectivity index (χ0n) is 13.5. The molecule has 0 spiro atoms. The highest BCUT2D eigenvalue weighted by Gasteiger charge is 2.09. The molecule has 1 aromatic carbocycles. The largest absolute Gasteiger partial charge is 0.325 e. The number of aromatic amines is 1. The normalized spacial score (nSPS) is 10.8. The number of hydrogen-bond donors (Lipinski definition) is 2. The molecule has 0 atom stereocenters. The molecule has 0 aliphatic carbocycles. The van der Waals surface area contributed by atoms with Gasteiger partial charge in [0.1, 0.15) is 6.07 Å². The lowest BCUT2D eigenvalue weighted by molar-refractivity contribution is 0.867. The number of H-pyrrole nitrogens is 1. The van der Waals surface area contributed by atoms with Crippen LogP contribution in [0.25, 0.3) is 27.6 Å². The molecule has 0 fully saturated rings. The van der Waals surface area contributed by atoms with Crippen molar-refractivity contribution in [1.82, 2.24) is 25.0 Å². The molecule has 0 bridgehead atoms. The van der Waals surface area contributed by atoms with Crippen molar-refractivity contribution in [3.8, 4) is 22.9 Å². The molecule has 3 N–H and O–H groups in total. The first-order chi connectivity index (χ1) is 12.7. The van der Waals surface area contributed by atoms with Crippen LogP contribution in [0, 0.1) is 11.3 Å². The highest BCUT2D eigenvalue weighted by atomic mass is 16.1. The Bertz CT molecular complexity index is 1220. The highest BCUT2D eigenvalue weighted by molar-refractivity contribution is 5.88. The van der Waals surface area contributed by atoms with Crippen LogP contribution >= 0.6 is 0 Å². The fourth-order valence-electron chi connectivity index (χ4n) is 2.79. The van der Waals surface area contributed by atoms with Crippen LogP contribution in [0.15, 0.2) is 53.7 Å². The van der Waals surface area contributed by atoms with E-state index in [2.05, 4.69) is 20.3 Å². The molecule has 0 amide bonds. The fraction of sp³-hybridized carbons (Fsp3) is 0.0556. The van der Waals surface area contributed by atoms with Crippen molar-refractivity contribution < 1.29 is 0 Å². The number of rotatable bonds is 3. The lowest BCUT2D eigenvalue weighted by Crippen LogP contribution is -2.13. The van der Waals surface area contributed by atoms with Gasteiger partial charge in [-0.1, -0.05) is 6.07 Å². The minimum Gasteiger partial charge on any atom is -0.325 e.